The van der Waals surface area contributed by atoms with Crippen molar-refractivity contribution in [2.24, 2.45) is 0 Å². The zero-order valence-electron chi connectivity index (χ0n) is 19.6. The Bertz CT molecular complexity index is 1460. The van der Waals surface area contributed by atoms with Crippen molar-refractivity contribution in [1.29, 1.82) is 5.26 Å². The molecule has 174 valence electrons. The topological polar surface area (TPSA) is 114 Å². The number of esters is 1. The first kappa shape index (κ1) is 23.4. The van der Waals surface area contributed by atoms with Gasteiger partial charge in [-0.05, 0) is 56.7 Å². The van der Waals surface area contributed by atoms with E-state index in [0.29, 0.717) is 28.1 Å². The van der Waals surface area contributed by atoms with Gasteiger partial charge in [-0.3, -0.25) is 9.78 Å². The molecule has 4 aromatic rings. The van der Waals surface area contributed by atoms with Crippen molar-refractivity contribution in [3.05, 3.63) is 94.7 Å². The van der Waals surface area contributed by atoms with Gasteiger partial charge in [0.15, 0.2) is 0 Å². The van der Waals surface area contributed by atoms with Crippen LogP contribution in [0.15, 0.2) is 66.6 Å². The second-order valence-electron chi connectivity index (χ2n) is 7.79. The van der Waals surface area contributed by atoms with E-state index in [1.54, 1.807) is 44.0 Å². The Morgan fingerprint density at radius 3 is 2.51 bits per heavy atom. The number of hydrogen-bond donors (Lipinski definition) is 1. The number of rotatable bonds is 7. The molecule has 0 spiro atoms. The number of H-pyrrole nitrogens is 1. The molecule has 0 fully saturated rings. The van der Waals surface area contributed by atoms with Gasteiger partial charge in [-0.25, -0.2) is 9.48 Å². The first-order valence-electron chi connectivity index (χ1n) is 11.0. The third-order valence-corrected chi connectivity index (χ3v) is 5.53. The fourth-order valence-electron chi connectivity index (χ4n) is 3.87. The molecule has 35 heavy (non-hydrogen) atoms. The summed E-state index contributed by atoms with van der Waals surface area (Å²) in [5.41, 5.74) is 4.18. The van der Waals surface area contributed by atoms with Gasteiger partial charge >= 0.3 is 5.97 Å². The number of carbonyl (C=O) groups is 2. The lowest BCUT2D eigenvalue weighted by Crippen LogP contribution is -2.08. The van der Waals surface area contributed by atoms with Gasteiger partial charge < -0.3 is 9.72 Å². The number of nitrogens with zero attached hydrogens (tertiary/aromatic N) is 4. The van der Waals surface area contributed by atoms with Crippen LogP contribution in [0.3, 0.4) is 0 Å². The molecule has 0 saturated carbocycles. The summed E-state index contributed by atoms with van der Waals surface area (Å²) in [7, 11) is 0. The third-order valence-electron chi connectivity index (χ3n) is 5.53. The largest absolute Gasteiger partial charge is 0.462 e. The Balaban J connectivity index is 1.80. The number of carbonyl (C=O) groups excluding carboxylic acids is 2. The minimum Gasteiger partial charge on any atom is -0.462 e. The molecule has 3 aromatic heterocycles. The molecular weight excluding hydrogens is 442 g/mol. The van der Waals surface area contributed by atoms with Crippen LogP contribution in [-0.2, 0) is 4.74 Å². The molecule has 8 heteroatoms. The average molecular weight is 466 g/mol. The zero-order chi connectivity index (χ0) is 24.9. The van der Waals surface area contributed by atoms with E-state index in [2.05, 4.69) is 9.97 Å². The van der Waals surface area contributed by atoms with Gasteiger partial charge in [0.2, 0.25) is 5.78 Å². The minimum atomic E-state index is -0.517. The second kappa shape index (κ2) is 10.0. The molecule has 0 bridgehead atoms. The number of pyridine rings is 1. The van der Waals surface area contributed by atoms with Crippen LogP contribution in [-0.4, -0.2) is 38.1 Å². The number of Topliss-reactive ketones (excluding diaryl/α,β-unsaturated/α-hetero) is 1. The fraction of sp³-hybridized carbons (Fsp3) is 0.148. The highest BCUT2D eigenvalue weighted by Gasteiger charge is 2.25. The lowest BCUT2D eigenvalue weighted by atomic mass is 10.0. The van der Waals surface area contributed by atoms with E-state index in [-0.39, 0.29) is 17.9 Å². The Labute approximate surface area is 202 Å². The highest BCUT2D eigenvalue weighted by atomic mass is 16.5. The number of aromatic amines is 1. The maximum Gasteiger partial charge on any atom is 0.340 e. The van der Waals surface area contributed by atoms with E-state index in [1.165, 1.54) is 6.08 Å². The van der Waals surface area contributed by atoms with Gasteiger partial charge in [0.1, 0.15) is 17.3 Å². The fourth-order valence-corrected chi connectivity index (χ4v) is 3.87. The summed E-state index contributed by atoms with van der Waals surface area (Å²) in [4.78, 5) is 32.7. The van der Waals surface area contributed by atoms with Gasteiger partial charge in [0.05, 0.1) is 23.6 Å². The summed E-state index contributed by atoms with van der Waals surface area (Å²) >= 11 is 0. The van der Waals surface area contributed by atoms with E-state index in [0.717, 1.165) is 11.3 Å². The summed E-state index contributed by atoms with van der Waals surface area (Å²) in [5, 5.41) is 14.6. The first-order chi connectivity index (χ1) is 16.9. The average Bonchev–Trinajstić information content (AvgIpc) is 3.43. The number of aryl methyl sites for hydroxylation is 1. The lowest BCUT2D eigenvalue weighted by molar-refractivity contribution is 0.0525. The van der Waals surface area contributed by atoms with Crippen molar-refractivity contribution in [3.8, 4) is 23.0 Å². The highest BCUT2D eigenvalue weighted by molar-refractivity contribution is 6.15. The molecule has 0 unspecified atom stereocenters. The molecule has 0 aliphatic rings. The molecule has 3 heterocycles. The Kier molecular flexibility index (Phi) is 6.69. The first-order valence-corrected chi connectivity index (χ1v) is 11.0. The predicted octanol–water partition coefficient (Wildman–Crippen LogP) is 4.85. The number of benzene rings is 1. The van der Waals surface area contributed by atoms with Crippen molar-refractivity contribution in [2.75, 3.05) is 6.61 Å². The lowest BCUT2D eigenvalue weighted by Gasteiger charge is -2.03. The second-order valence-corrected chi connectivity index (χ2v) is 7.79. The van der Waals surface area contributed by atoms with Crippen molar-refractivity contribution >= 4 is 17.8 Å². The van der Waals surface area contributed by atoms with Crippen molar-refractivity contribution in [2.45, 2.75) is 20.8 Å². The molecule has 0 radical (unpaired) electrons. The predicted molar refractivity (Wildman–Crippen MR) is 131 cm³/mol. The number of allylic oxidation sites excluding steroid dienone is 1. The van der Waals surface area contributed by atoms with Crippen LogP contribution in [0.2, 0.25) is 0 Å². The Morgan fingerprint density at radius 1 is 1.14 bits per heavy atom. The summed E-state index contributed by atoms with van der Waals surface area (Å²) in [5.74, 6) is -1.03. The Morgan fingerprint density at radius 2 is 1.86 bits per heavy atom. The molecule has 0 atom stereocenters. The van der Waals surface area contributed by atoms with E-state index < -0.39 is 11.8 Å². The Hall–Kier alpha value is -4.77. The van der Waals surface area contributed by atoms with Crippen LogP contribution < -0.4 is 0 Å². The van der Waals surface area contributed by atoms with Crippen molar-refractivity contribution in [3.63, 3.8) is 0 Å². The molecule has 1 aromatic carbocycles. The van der Waals surface area contributed by atoms with Crippen molar-refractivity contribution in [1.82, 2.24) is 19.7 Å². The van der Waals surface area contributed by atoms with Gasteiger partial charge in [0.25, 0.3) is 0 Å². The number of nitriles is 1. The van der Waals surface area contributed by atoms with Crippen LogP contribution in [0, 0.1) is 25.2 Å². The number of ether oxygens (including phenoxy) is 1. The number of nitrogens with one attached hydrogen (secondary N) is 1. The van der Waals surface area contributed by atoms with Gasteiger partial charge in [-0.1, -0.05) is 18.2 Å². The number of ketones is 1. The van der Waals surface area contributed by atoms with Gasteiger partial charge in [-0.15, -0.1) is 0 Å². The minimum absolute atomic E-state index is 0.0901. The van der Waals surface area contributed by atoms with Crippen molar-refractivity contribution < 1.29 is 14.3 Å². The summed E-state index contributed by atoms with van der Waals surface area (Å²) < 4.78 is 6.81. The van der Waals surface area contributed by atoms with E-state index in [4.69, 9.17) is 9.84 Å². The maximum absolute atomic E-state index is 13.4. The number of hydrogen-bond acceptors (Lipinski definition) is 6. The molecule has 0 aliphatic carbocycles. The maximum atomic E-state index is 13.4. The molecule has 4 rings (SSSR count). The summed E-state index contributed by atoms with van der Waals surface area (Å²) in [6.07, 6.45) is 6.60. The molecule has 8 nitrogen and oxygen atoms in total. The third kappa shape index (κ3) is 4.66. The highest BCUT2D eigenvalue weighted by Crippen LogP contribution is 2.27. The molecule has 1 N–H and O–H groups in total. The van der Waals surface area contributed by atoms with E-state index in [1.807, 2.05) is 48.5 Å². The van der Waals surface area contributed by atoms with Crippen LogP contribution >= 0.6 is 0 Å². The molecule has 0 aliphatic heterocycles. The normalized spacial score (nSPS) is 11.2. The smallest absolute Gasteiger partial charge is 0.340 e. The van der Waals surface area contributed by atoms with Crippen LogP contribution in [0.25, 0.3) is 23.0 Å². The van der Waals surface area contributed by atoms with E-state index >= 15 is 0 Å². The standard InChI is InChI=1S/C27H23N5O3/c1-4-35-27(34)23-17(2)24(30-18(23)3)26(33)20(15-28)14-21-16-32(22-8-6-5-7-9-22)31-25(21)19-10-12-29-13-11-19/h5-14,16,30H,4H2,1-3H3/b20-14+. The summed E-state index contributed by atoms with van der Waals surface area (Å²) in [6.45, 7) is 5.29. The zero-order valence-corrected chi connectivity index (χ0v) is 19.6. The van der Waals surface area contributed by atoms with Crippen LogP contribution in [0.5, 0.6) is 0 Å². The monoisotopic (exact) mass is 465 g/mol. The molecule has 0 amide bonds. The summed E-state index contributed by atoms with van der Waals surface area (Å²) in [6, 6.07) is 15.2. The number of para-hydroxylation sites is 1. The molecular formula is C27H23N5O3. The van der Waals surface area contributed by atoms with Crippen LogP contribution in [0.4, 0.5) is 0 Å². The van der Waals surface area contributed by atoms with Gasteiger partial charge in [-0.2, -0.15) is 10.4 Å². The quantitative estimate of drug-likeness (QED) is 0.181. The number of aromatic nitrogens is 4. The van der Waals surface area contributed by atoms with Crippen LogP contribution in [0.1, 0.15) is 44.6 Å². The van der Waals surface area contributed by atoms with Gasteiger partial charge in [0, 0.05) is 35.4 Å². The van der Waals surface area contributed by atoms with E-state index in [9.17, 15) is 14.9 Å². The molecule has 0 saturated heterocycles. The SMILES string of the molecule is CCOC(=O)c1c(C)[nH]c(C(=O)/C(C#N)=C/c2cn(-c3ccccc3)nc2-c2ccncc2)c1C.